The Morgan fingerprint density at radius 2 is 1.92 bits per heavy atom. The first-order chi connectivity index (χ1) is 12.6. The van der Waals surface area contributed by atoms with Crippen LogP contribution in [0.2, 0.25) is 0 Å². The van der Waals surface area contributed by atoms with Gasteiger partial charge in [-0.15, -0.1) is 0 Å². The van der Waals surface area contributed by atoms with Crippen molar-refractivity contribution in [2.75, 3.05) is 11.9 Å². The second-order valence-electron chi connectivity index (χ2n) is 5.35. The van der Waals surface area contributed by atoms with Crippen LogP contribution in [-0.2, 0) is 4.79 Å². The van der Waals surface area contributed by atoms with E-state index >= 15 is 0 Å². The summed E-state index contributed by atoms with van der Waals surface area (Å²) in [6.07, 6.45) is 1.66. The Kier molecular flexibility index (Phi) is 5.33. The highest BCUT2D eigenvalue weighted by Crippen LogP contribution is 2.20. The maximum absolute atomic E-state index is 12.9. The smallest absolute Gasteiger partial charge is 0.273 e. The van der Waals surface area contributed by atoms with Crippen molar-refractivity contribution < 1.29 is 18.5 Å². The molecular formula is C18H15FN4O3. The van der Waals surface area contributed by atoms with Crippen LogP contribution in [0.3, 0.4) is 0 Å². The van der Waals surface area contributed by atoms with Crippen LogP contribution in [0.25, 0.3) is 11.3 Å². The molecule has 3 rings (SSSR count). The number of carbonyl (C=O) groups is 2. The highest BCUT2D eigenvalue weighted by Gasteiger charge is 2.14. The van der Waals surface area contributed by atoms with Crippen LogP contribution in [0, 0.1) is 5.82 Å². The van der Waals surface area contributed by atoms with Crippen LogP contribution in [0.15, 0.2) is 59.3 Å². The molecule has 2 aromatic heterocycles. The first kappa shape index (κ1) is 17.3. The van der Waals surface area contributed by atoms with Crippen molar-refractivity contribution in [2.45, 2.75) is 6.42 Å². The van der Waals surface area contributed by atoms with Crippen LogP contribution < -0.4 is 10.6 Å². The number of anilines is 1. The summed E-state index contributed by atoms with van der Waals surface area (Å²) in [4.78, 5) is 27.8. The Hall–Kier alpha value is -3.55. The van der Waals surface area contributed by atoms with Crippen LogP contribution in [-0.4, -0.2) is 28.5 Å². The Morgan fingerprint density at radius 1 is 1.12 bits per heavy atom. The number of pyridine rings is 1. The number of amides is 2. The molecule has 0 saturated heterocycles. The number of nitrogens with one attached hydrogen (secondary N) is 2. The molecule has 26 heavy (non-hydrogen) atoms. The molecule has 0 bridgehead atoms. The monoisotopic (exact) mass is 354 g/mol. The molecule has 0 aliphatic rings. The number of hydrogen-bond donors (Lipinski definition) is 2. The van der Waals surface area contributed by atoms with Gasteiger partial charge in [-0.1, -0.05) is 11.2 Å². The number of nitrogens with zero attached hydrogens (tertiary/aromatic N) is 2. The Labute approximate surface area is 148 Å². The van der Waals surface area contributed by atoms with Gasteiger partial charge in [-0.25, -0.2) is 9.37 Å². The van der Waals surface area contributed by atoms with Gasteiger partial charge in [0.15, 0.2) is 11.5 Å². The lowest BCUT2D eigenvalue weighted by Gasteiger charge is -2.04. The molecule has 0 radical (unpaired) electrons. The second-order valence-corrected chi connectivity index (χ2v) is 5.35. The molecule has 0 aliphatic heterocycles. The second kappa shape index (κ2) is 8.02. The fourth-order valence-corrected chi connectivity index (χ4v) is 2.15. The van der Waals surface area contributed by atoms with Crippen molar-refractivity contribution in [3.8, 4) is 11.3 Å². The Morgan fingerprint density at radius 3 is 2.65 bits per heavy atom. The van der Waals surface area contributed by atoms with Crippen LogP contribution in [0.1, 0.15) is 16.9 Å². The minimum Gasteiger partial charge on any atom is -0.355 e. The summed E-state index contributed by atoms with van der Waals surface area (Å²) in [5, 5.41) is 8.90. The first-order valence-corrected chi connectivity index (χ1v) is 7.83. The van der Waals surface area contributed by atoms with E-state index in [-0.39, 0.29) is 30.4 Å². The highest BCUT2D eigenvalue weighted by atomic mass is 19.1. The normalized spacial score (nSPS) is 10.3. The lowest BCUT2D eigenvalue weighted by Crippen LogP contribution is -2.28. The molecule has 0 aliphatic carbocycles. The molecule has 0 atom stereocenters. The molecule has 0 saturated carbocycles. The molecule has 7 nitrogen and oxygen atoms in total. The average Bonchev–Trinajstić information content (AvgIpc) is 3.13. The molecular weight excluding hydrogens is 339 g/mol. The van der Waals surface area contributed by atoms with Gasteiger partial charge >= 0.3 is 0 Å². The number of aromatic nitrogens is 2. The fourth-order valence-electron chi connectivity index (χ4n) is 2.15. The van der Waals surface area contributed by atoms with Gasteiger partial charge in [0, 0.05) is 30.8 Å². The highest BCUT2D eigenvalue weighted by molar-refractivity contribution is 5.94. The van der Waals surface area contributed by atoms with Crippen molar-refractivity contribution in [3.05, 3.63) is 66.2 Å². The van der Waals surface area contributed by atoms with Gasteiger partial charge in [0.2, 0.25) is 5.91 Å². The summed E-state index contributed by atoms with van der Waals surface area (Å²) in [6.45, 7) is 0.135. The van der Waals surface area contributed by atoms with E-state index in [1.807, 2.05) is 0 Å². The van der Waals surface area contributed by atoms with Crippen molar-refractivity contribution in [2.24, 2.45) is 0 Å². The molecule has 0 spiro atoms. The van der Waals surface area contributed by atoms with Crippen molar-refractivity contribution in [3.63, 3.8) is 0 Å². The van der Waals surface area contributed by atoms with E-state index in [0.29, 0.717) is 17.1 Å². The molecule has 2 heterocycles. The van der Waals surface area contributed by atoms with E-state index in [0.717, 1.165) is 0 Å². The summed E-state index contributed by atoms with van der Waals surface area (Å²) >= 11 is 0. The van der Waals surface area contributed by atoms with E-state index in [9.17, 15) is 14.0 Å². The Balaban J connectivity index is 1.49. The fraction of sp³-hybridized carbons (Fsp3) is 0.111. The van der Waals surface area contributed by atoms with Crippen LogP contribution in [0.4, 0.5) is 10.2 Å². The predicted molar refractivity (Wildman–Crippen MR) is 91.7 cm³/mol. The summed E-state index contributed by atoms with van der Waals surface area (Å²) < 4.78 is 18.0. The van der Waals surface area contributed by atoms with Gasteiger partial charge in [0.05, 0.1) is 0 Å². The number of hydrogen-bond acceptors (Lipinski definition) is 5. The maximum Gasteiger partial charge on any atom is 0.273 e. The molecule has 1 aromatic carbocycles. The van der Waals surface area contributed by atoms with Gasteiger partial charge in [-0.3, -0.25) is 9.59 Å². The van der Waals surface area contributed by atoms with E-state index in [4.69, 9.17) is 4.52 Å². The molecule has 3 aromatic rings. The molecule has 0 fully saturated rings. The Bertz CT molecular complexity index is 894. The average molecular weight is 354 g/mol. The quantitative estimate of drug-likeness (QED) is 0.709. The third-order valence-corrected chi connectivity index (χ3v) is 3.44. The minimum absolute atomic E-state index is 0.0782. The summed E-state index contributed by atoms with van der Waals surface area (Å²) in [5.74, 6) is -0.300. The van der Waals surface area contributed by atoms with Crippen molar-refractivity contribution in [1.82, 2.24) is 15.5 Å². The molecule has 2 amide bonds. The standard InChI is InChI=1S/C18H15FN4O3/c19-13-6-4-12(5-7-13)15-11-14(23-26-15)18(25)21-10-8-17(24)22-16-3-1-2-9-20-16/h1-7,9,11H,8,10H2,(H,21,25)(H,20,22,24). The molecule has 0 unspecified atom stereocenters. The zero-order valence-electron chi connectivity index (χ0n) is 13.6. The van der Waals surface area contributed by atoms with E-state index < -0.39 is 5.91 Å². The van der Waals surface area contributed by atoms with Crippen molar-refractivity contribution >= 4 is 17.6 Å². The van der Waals surface area contributed by atoms with Crippen LogP contribution >= 0.6 is 0 Å². The summed E-state index contributed by atoms with van der Waals surface area (Å²) in [5.41, 5.74) is 0.683. The van der Waals surface area contributed by atoms with Gasteiger partial charge < -0.3 is 15.2 Å². The maximum atomic E-state index is 12.9. The zero-order chi connectivity index (χ0) is 18.4. The third-order valence-electron chi connectivity index (χ3n) is 3.44. The van der Waals surface area contributed by atoms with Crippen LogP contribution in [0.5, 0.6) is 0 Å². The van der Waals surface area contributed by atoms with Gasteiger partial charge in [0.1, 0.15) is 11.6 Å². The third kappa shape index (κ3) is 4.50. The lowest BCUT2D eigenvalue weighted by molar-refractivity contribution is -0.116. The topological polar surface area (TPSA) is 97.1 Å². The number of rotatable bonds is 6. The van der Waals surface area contributed by atoms with Gasteiger partial charge in [-0.2, -0.15) is 0 Å². The molecule has 132 valence electrons. The van der Waals surface area contributed by atoms with E-state index in [1.165, 1.54) is 30.3 Å². The van der Waals surface area contributed by atoms with E-state index in [2.05, 4.69) is 20.8 Å². The number of benzene rings is 1. The molecule has 8 heteroatoms. The largest absolute Gasteiger partial charge is 0.355 e. The number of carbonyl (C=O) groups excluding carboxylic acids is 2. The van der Waals surface area contributed by atoms with E-state index in [1.54, 1.807) is 24.4 Å². The van der Waals surface area contributed by atoms with Gasteiger partial charge in [-0.05, 0) is 36.4 Å². The SMILES string of the molecule is O=C(CCNC(=O)c1cc(-c2ccc(F)cc2)on1)Nc1ccccn1. The van der Waals surface area contributed by atoms with Gasteiger partial charge in [0.25, 0.3) is 5.91 Å². The first-order valence-electron chi connectivity index (χ1n) is 7.83. The number of halogens is 1. The summed E-state index contributed by atoms with van der Waals surface area (Å²) in [7, 11) is 0. The summed E-state index contributed by atoms with van der Waals surface area (Å²) in [6, 6.07) is 12.3. The lowest BCUT2D eigenvalue weighted by atomic mass is 10.1. The van der Waals surface area contributed by atoms with Crippen molar-refractivity contribution in [1.29, 1.82) is 0 Å². The molecule has 2 N–H and O–H groups in total. The minimum atomic E-state index is -0.465. The predicted octanol–water partition coefficient (Wildman–Crippen LogP) is 2.63. The zero-order valence-corrected chi connectivity index (χ0v) is 13.6.